The number of fused-ring (bicyclic) bond motifs is 1. The van der Waals surface area contributed by atoms with Crippen molar-refractivity contribution in [3.8, 4) is 0 Å². The Morgan fingerprint density at radius 1 is 1.53 bits per heavy atom. The quantitative estimate of drug-likeness (QED) is 0.829. The van der Waals surface area contributed by atoms with Gasteiger partial charge in [0.05, 0.1) is 18.3 Å². The lowest BCUT2D eigenvalue weighted by Gasteiger charge is -2.10. The molecule has 0 spiro atoms. The molecule has 0 saturated carbocycles. The minimum atomic E-state index is -0.222. The summed E-state index contributed by atoms with van der Waals surface area (Å²) >= 11 is 0. The van der Waals surface area contributed by atoms with Crippen molar-refractivity contribution in [1.29, 1.82) is 0 Å². The van der Waals surface area contributed by atoms with Crippen molar-refractivity contribution in [3.05, 3.63) is 30.5 Å². The SMILES string of the molecule is O=C(Cn1ncc2ccccc21)NOC1CCOC1. The monoisotopic (exact) mass is 261 g/mol. The van der Waals surface area contributed by atoms with Crippen molar-refractivity contribution < 1.29 is 14.4 Å². The normalized spacial score (nSPS) is 18.8. The molecular formula is C13H15N3O3. The standard InChI is InChI=1S/C13H15N3O3/c17-13(15-19-11-5-6-18-9-11)8-16-12-4-2-1-3-10(12)7-14-16/h1-4,7,11H,5-6,8-9H2,(H,15,17). The number of carbonyl (C=O) groups excluding carboxylic acids is 1. The number of nitrogens with zero attached hydrogens (tertiary/aromatic N) is 2. The second kappa shape index (κ2) is 5.38. The van der Waals surface area contributed by atoms with Gasteiger partial charge in [0.15, 0.2) is 0 Å². The van der Waals surface area contributed by atoms with Crippen LogP contribution in [0.25, 0.3) is 10.9 Å². The molecule has 1 aromatic carbocycles. The maximum absolute atomic E-state index is 11.8. The van der Waals surface area contributed by atoms with Crippen LogP contribution in [0.15, 0.2) is 30.5 Å². The van der Waals surface area contributed by atoms with Gasteiger partial charge >= 0.3 is 0 Å². The summed E-state index contributed by atoms with van der Waals surface area (Å²) in [4.78, 5) is 17.0. The molecule has 100 valence electrons. The van der Waals surface area contributed by atoms with Gasteiger partial charge in [-0.2, -0.15) is 5.10 Å². The molecule has 2 aromatic rings. The molecular weight excluding hydrogens is 246 g/mol. The van der Waals surface area contributed by atoms with Crippen LogP contribution in [0.2, 0.25) is 0 Å². The Bertz CT molecular complexity index is 575. The molecule has 19 heavy (non-hydrogen) atoms. The number of hydrogen-bond acceptors (Lipinski definition) is 4. The van der Waals surface area contributed by atoms with Crippen LogP contribution in [0, 0.1) is 0 Å². The van der Waals surface area contributed by atoms with E-state index < -0.39 is 0 Å². The summed E-state index contributed by atoms with van der Waals surface area (Å²) in [5.41, 5.74) is 3.38. The zero-order valence-corrected chi connectivity index (χ0v) is 10.4. The van der Waals surface area contributed by atoms with E-state index in [9.17, 15) is 4.79 Å². The van der Waals surface area contributed by atoms with E-state index in [-0.39, 0.29) is 18.6 Å². The Kier molecular flexibility index (Phi) is 3.43. The number of hydroxylamine groups is 1. The smallest absolute Gasteiger partial charge is 0.265 e. The lowest BCUT2D eigenvalue weighted by atomic mass is 10.2. The topological polar surface area (TPSA) is 65.4 Å². The molecule has 2 heterocycles. The van der Waals surface area contributed by atoms with Gasteiger partial charge in [-0.15, -0.1) is 0 Å². The molecule has 1 fully saturated rings. The van der Waals surface area contributed by atoms with Crippen molar-refractivity contribution in [2.45, 2.75) is 19.1 Å². The molecule has 0 aliphatic carbocycles. The van der Waals surface area contributed by atoms with E-state index in [4.69, 9.17) is 9.57 Å². The molecule has 1 amide bonds. The molecule has 6 nitrogen and oxygen atoms in total. The van der Waals surface area contributed by atoms with Crippen molar-refractivity contribution in [1.82, 2.24) is 15.3 Å². The number of nitrogens with one attached hydrogen (secondary N) is 1. The van der Waals surface area contributed by atoms with Gasteiger partial charge in [0.25, 0.3) is 5.91 Å². The molecule has 6 heteroatoms. The number of para-hydroxylation sites is 1. The average molecular weight is 261 g/mol. The van der Waals surface area contributed by atoms with Crippen molar-refractivity contribution >= 4 is 16.8 Å². The van der Waals surface area contributed by atoms with Gasteiger partial charge in [-0.25, -0.2) is 5.48 Å². The van der Waals surface area contributed by atoms with Gasteiger partial charge < -0.3 is 4.74 Å². The van der Waals surface area contributed by atoms with Crippen LogP contribution in [0.1, 0.15) is 6.42 Å². The number of aromatic nitrogens is 2. The molecule has 0 bridgehead atoms. The number of hydrogen-bond donors (Lipinski definition) is 1. The molecule has 1 aliphatic heterocycles. The van der Waals surface area contributed by atoms with Gasteiger partial charge in [-0.1, -0.05) is 18.2 Å². The van der Waals surface area contributed by atoms with E-state index >= 15 is 0 Å². The first kappa shape index (κ1) is 12.1. The summed E-state index contributed by atoms with van der Waals surface area (Å²) in [6.45, 7) is 1.36. The third-order valence-electron chi connectivity index (χ3n) is 3.07. The fraction of sp³-hybridized carbons (Fsp3) is 0.385. The maximum atomic E-state index is 11.8. The highest BCUT2D eigenvalue weighted by Crippen LogP contribution is 2.12. The first-order valence-electron chi connectivity index (χ1n) is 6.26. The van der Waals surface area contributed by atoms with Gasteiger partial charge in [0, 0.05) is 18.4 Å². The first-order chi connectivity index (χ1) is 9.33. The number of rotatable bonds is 4. The van der Waals surface area contributed by atoms with E-state index in [1.807, 2.05) is 24.3 Å². The second-order valence-corrected chi connectivity index (χ2v) is 4.49. The van der Waals surface area contributed by atoms with Crippen LogP contribution < -0.4 is 5.48 Å². The number of amides is 1. The highest BCUT2D eigenvalue weighted by atomic mass is 16.7. The Balaban J connectivity index is 1.59. The van der Waals surface area contributed by atoms with Gasteiger partial charge in [-0.05, 0) is 6.07 Å². The lowest BCUT2D eigenvalue weighted by molar-refractivity contribution is -0.139. The fourth-order valence-corrected chi connectivity index (χ4v) is 2.08. The largest absolute Gasteiger partial charge is 0.379 e. The van der Waals surface area contributed by atoms with Gasteiger partial charge in [-0.3, -0.25) is 14.3 Å². The van der Waals surface area contributed by atoms with E-state index in [0.717, 1.165) is 17.3 Å². The first-order valence-corrected chi connectivity index (χ1v) is 6.26. The Hall–Kier alpha value is -1.92. The second-order valence-electron chi connectivity index (χ2n) is 4.49. The zero-order valence-electron chi connectivity index (χ0n) is 10.4. The van der Waals surface area contributed by atoms with Gasteiger partial charge in [0.1, 0.15) is 12.6 Å². The van der Waals surface area contributed by atoms with Crippen LogP contribution in [0.5, 0.6) is 0 Å². The van der Waals surface area contributed by atoms with E-state index in [1.54, 1.807) is 10.9 Å². The highest BCUT2D eigenvalue weighted by Gasteiger charge is 2.17. The molecule has 1 aliphatic rings. The zero-order chi connectivity index (χ0) is 13.1. The highest BCUT2D eigenvalue weighted by molar-refractivity contribution is 5.81. The van der Waals surface area contributed by atoms with Crippen LogP contribution in [-0.4, -0.2) is 35.0 Å². The predicted octanol–water partition coefficient (Wildman–Crippen LogP) is 0.873. The van der Waals surface area contributed by atoms with Crippen molar-refractivity contribution in [2.24, 2.45) is 0 Å². The molecule has 1 atom stereocenters. The Morgan fingerprint density at radius 2 is 2.42 bits per heavy atom. The fourth-order valence-electron chi connectivity index (χ4n) is 2.08. The molecule has 1 N–H and O–H groups in total. The van der Waals surface area contributed by atoms with Crippen molar-refractivity contribution in [3.63, 3.8) is 0 Å². The minimum Gasteiger partial charge on any atom is -0.379 e. The Morgan fingerprint density at radius 3 is 3.26 bits per heavy atom. The molecule has 1 unspecified atom stereocenters. The number of carbonyl (C=O) groups is 1. The van der Waals surface area contributed by atoms with Gasteiger partial charge in [0.2, 0.25) is 0 Å². The predicted molar refractivity (Wildman–Crippen MR) is 68.2 cm³/mol. The summed E-state index contributed by atoms with van der Waals surface area (Å²) in [7, 11) is 0. The minimum absolute atomic E-state index is 0.0432. The summed E-state index contributed by atoms with van der Waals surface area (Å²) in [5, 5.41) is 5.20. The molecule has 0 radical (unpaired) electrons. The third kappa shape index (κ3) is 2.74. The number of ether oxygens (including phenoxy) is 1. The van der Waals surface area contributed by atoms with Crippen LogP contribution >= 0.6 is 0 Å². The summed E-state index contributed by atoms with van der Waals surface area (Å²) in [5.74, 6) is -0.222. The molecule has 3 rings (SSSR count). The number of benzene rings is 1. The maximum Gasteiger partial charge on any atom is 0.265 e. The van der Waals surface area contributed by atoms with E-state index in [1.165, 1.54) is 0 Å². The van der Waals surface area contributed by atoms with Crippen LogP contribution in [0.4, 0.5) is 0 Å². The van der Waals surface area contributed by atoms with Crippen molar-refractivity contribution in [2.75, 3.05) is 13.2 Å². The molecule has 1 aromatic heterocycles. The average Bonchev–Trinajstić information content (AvgIpc) is 3.07. The summed E-state index contributed by atoms with van der Waals surface area (Å²) in [6, 6.07) is 7.76. The lowest BCUT2D eigenvalue weighted by Crippen LogP contribution is -2.32. The van der Waals surface area contributed by atoms with Crippen LogP contribution in [-0.2, 0) is 20.9 Å². The molecule has 1 saturated heterocycles. The van der Waals surface area contributed by atoms with E-state index in [2.05, 4.69) is 10.6 Å². The summed E-state index contributed by atoms with van der Waals surface area (Å²) < 4.78 is 6.81. The third-order valence-corrected chi connectivity index (χ3v) is 3.07. The van der Waals surface area contributed by atoms with Crippen LogP contribution in [0.3, 0.4) is 0 Å². The van der Waals surface area contributed by atoms with E-state index in [0.29, 0.717) is 13.2 Å². The summed E-state index contributed by atoms with van der Waals surface area (Å²) in [6.07, 6.45) is 2.51. The Labute approximate surface area is 110 Å².